The molecule has 12 heavy (non-hydrogen) atoms. The maximum atomic E-state index is 10.5. The Morgan fingerprint density at radius 2 is 2.08 bits per heavy atom. The number of carbonyl (C=O) groups is 1. The van der Waals surface area contributed by atoms with Crippen LogP contribution in [-0.4, -0.2) is 11.1 Å². The van der Waals surface area contributed by atoms with Crippen molar-refractivity contribution in [3.63, 3.8) is 0 Å². The fourth-order valence-corrected chi connectivity index (χ4v) is 1.09. The Labute approximate surface area is 68.2 Å². The van der Waals surface area contributed by atoms with E-state index in [0.717, 1.165) is 5.39 Å². The van der Waals surface area contributed by atoms with Gasteiger partial charge in [-0.15, -0.1) is 0 Å². The van der Waals surface area contributed by atoms with Gasteiger partial charge in [-0.25, -0.2) is 4.79 Å². The largest absolute Gasteiger partial charge is 0.475 e. The van der Waals surface area contributed by atoms with E-state index in [1.165, 1.54) is 6.07 Å². The highest BCUT2D eigenvalue weighted by Crippen LogP contribution is 2.18. The van der Waals surface area contributed by atoms with Crippen molar-refractivity contribution in [2.45, 2.75) is 0 Å². The molecular formula is C9H6O3. The lowest BCUT2D eigenvalue weighted by Gasteiger charge is -1.83. The van der Waals surface area contributed by atoms with Crippen LogP contribution in [0.3, 0.4) is 0 Å². The molecule has 0 spiro atoms. The average Bonchev–Trinajstić information content (AvgIpc) is 2.46. The summed E-state index contributed by atoms with van der Waals surface area (Å²) < 4.78 is 5.03. The van der Waals surface area contributed by atoms with Crippen LogP contribution < -0.4 is 0 Å². The molecule has 0 unspecified atom stereocenters. The Balaban J connectivity index is 2.70. The maximum Gasteiger partial charge on any atom is 0.371 e. The van der Waals surface area contributed by atoms with E-state index in [1.807, 2.05) is 12.1 Å². The first-order valence-electron chi connectivity index (χ1n) is 3.49. The molecule has 3 heteroatoms. The predicted octanol–water partition coefficient (Wildman–Crippen LogP) is 2.13. The molecule has 0 fully saturated rings. The highest BCUT2D eigenvalue weighted by molar-refractivity contribution is 5.91. The van der Waals surface area contributed by atoms with Gasteiger partial charge in [0.15, 0.2) is 0 Å². The standard InChI is InChI=1S/C9H6O3/c10-9(11)8-5-6-3-1-2-4-7(6)12-8/h1-5H,(H,10,11)/i9+1. The van der Waals surface area contributed by atoms with Gasteiger partial charge in [-0.1, -0.05) is 18.2 Å². The molecule has 1 aromatic carbocycles. The third-order valence-corrected chi connectivity index (χ3v) is 1.64. The summed E-state index contributed by atoms with van der Waals surface area (Å²) in [6, 6.07) is 8.70. The summed E-state index contributed by atoms with van der Waals surface area (Å²) in [7, 11) is 0. The number of benzene rings is 1. The van der Waals surface area contributed by atoms with Gasteiger partial charge in [0.2, 0.25) is 5.76 Å². The van der Waals surface area contributed by atoms with Crippen molar-refractivity contribution in [3.8, 4) is 0 Å². The Hall–Kier alpha value is -1.77. The fraction of sp³-hybridized carbons (Fsp3) is 0. The van der Waals surface area contributed by atoms with E-state index in [2.05, 4.69) is 0 Å². The zero-order chi connectivity index (χ0) is 8.55. The van der Waals surface area contributed by atoms with E-state index < -0.39 is 5.97 Å². The number of carboxylic acid groups (broad SMARTS) is 1. The van der Waals surface area contributed by atoms with E-state index in [-0.39, 0.29) is 5.76 Å². The topological polar surface area (TPSA) is 50.4 Å². The van der Waals surface area contributed by atoms with Crippen molar-refractivity contribution in [3.05, 3.63) is 36.1 Å². The van der Waals surface area contributed by atoms with Crippen LogP contribution in [0.5, 0.6) is 0 Å². The van der Waals surface area contributed by atoms with E-state index in [4.69, 9.17) is 9.52 Å². The van der Waals surface area contributed by atoms with E-state index >= 15 is 0 Å². The van der Waals surface area contributed by atoms with Gasteiger partial charge in [-0.3, -0.25) is 0 Å². The van der Waals surface area contributed by atoms with Crippen molar-refractivity contribution in [1.29, 1.82) is 0 Å². The molecule has 0 saturated heterocycles. The minimum Gasteiger partial charge on any atom is -0.475 e. The molecule has 0 bridgehead atoms. The van der Waals surface area contributed by atoms with E-state index in [0.29, 0.717) is 5.58 Å². The monoisotopic (exact) mass is 163 g/mol. The van der Waals surface area contributed by atoms with Gasteiger partial charge in [0.05, 0.1) is 0 Å². The second-order valence-corrected chi connectivity index (χ2v) is 2.45. The number of rotatable bonds is 1. The van der Waals surface area contributed by atoms with Crippen LogP contribution >= 0.6 is 0 Å². The second kappa shape index (κ2) is 2.37. The molecule has 0 saturated carbocycles. The first kappa shape index (κ1) is 6.91. The van der Waals surface area contributed by atoms with Crippen molar-refractivity contribution in [2.75, 3.05) is 0 Å². The third-order valence-electron chi connectivity index (χ3n) is 1.64. The normalized spacial score (nSPS) is 10.3. The van der Waals surface area contributed by atoms with Crippen molar-refractivity contribution < 1.29 is 14.3 Å². The Morgan fingerprint density at radius 1 is 1.33 bits per heavy atom. The molecule has 0 aliphatic heterocycles. The first-order chi connectivity index (χ1) is 5.77. The number of furan rings is 1. The maximum absolute atomic E-state index is 10.5. The second-order valence-electron chi connectivity index (χ2n) is 2.45. The minimum atomic E-state index is -1.04. The molecule has 1 aromatic heterocycles. The summed E-state index contributed by atoms with van der Waals surface area (Å²) in [6.07, 6.45) is 0. The predicted molar refractivity (Wildman–Crippen MR) is 43.2 cm³/mol. The van der Waals surface area contributed by atoms with Crippen LogP contribution in [0.2, 0.25) is 0 Å². The van der Waals surface area contributed by atoms with Crippen LogP contribution in [0.15, 0.2) is 34.7 Å². The fourth-order valence-electron chi connectivity index (χ4n) is 1.09. The summed E-state index contributed by atoms with van der Waals surface area (Å²) in [6.45, 7) is 0. The minimum absolute atomic E-state index is 0.0174. The summed E-state index contributed by atoms with van der Waals surface area (Å²) in [5.41, 5.74) is 0.606. The lowest BCUT2D eigenvalue weighted by molar-refractivity contribution is 0.0665. The number of hydrogen-bond acceptors (Lipinski definition) is 2. The molecule has 0 amide bonds. The molecule has 60 valence electrons. The lowest BCUT2D eigenvalue weighted by atomic mass is 10.3. The van der Waals surface area contributed by atoms with Crippen LogP contribution in [0, 0.1) is 0 Å². The molecule has 2 rings (SSSR count). The Bertz CT molecular complexity index is 395. The van der Waals surface area contributed by atoms with Crippen molar-refractivity contribution in [2.24, 2.45) is 0 Å². The van der Waals surface area contributed by atoms with E-state index in [1.54, 1.807) is 12.1 Å². The van der Waals surface area contributed by atoms with Gasteiger partial charge in [0.25, 0.3) is 0 Å². The lowest BCUT2D eigenvalue weighted by Crippen LogP contribution is -1.91. The molecule has 1 heterocycles. The first-order valence-corrected chi connectivity index (χ1v) is 3.49. The zero-order valence-corrected chi connectivity index (χ0v) is 6.15. The summed E-state index contributed by atoms with van der Waals surface area (Å²) in [5.74, 6) is -1.05. The van der Waals surface area contributed by atoms with Crippen LogP contribution in [0.4, 0.5) is 0 Å². The molecule has 1 N–H and O–H groups in total. The zero-order valence-electron chi connectivity index (χ0n) is 6.15. The van der Waals surface area contributed by atoms with Crippen LogP contribution in [0.25, 0.3) is 11.0 Å². The number of aromatic carboxylic acids is 1. The van der Waals surface area contributed by atoms with Gasteiger partial charge >= 0.3 is 5.97 Å². The number of hydrogen-bond donors (Lipinski definition) is 1. The van der Waals surface area contributed by atoms with Crippen LogP contribution in [-0.2, 0) is 0 Å². The number of fused-ring (bicyclic) bond motifs is 1. The quantitative estimate of drug-likeness (QED) is 0.655. The van der Waals surface area contributed by atoms with E-state index in [9.17, 15) is 4.79 Å². The highest BCUT2D eigenvalue weighted by atomic mass is 16.5. The summed E-state index contributed by atoms with van der Waals surface area (Å²) in [5, 5.41) is 9.41. The van der Waals surface area contributed by atoms with Gasteiger partial charge in [0, 0.05) is 5.39 Å². The van der Waals surface area contributed by atoms with Crippen molar-refractivity contribution >= 4 is 16.9 Å². The molecule has 2 aromatic rings. The molecule has 0 aliphatic rings. The molecule has 3 nitrogen and oxygen atoms in total. The SMILES string of the molecule is O=[13C](O)c1cc2ccccc2o1. The molecule has 0 atom stereocenters. The van der Waals surface area contributed by atoms with Gasteiger partial charge in [-0.2, -0.15) is 0 Å². The number of carboxylic acids is 1. The smallest absolute Gasteiger partial charge is 0.371 e. The molecular weight excluding hydrogens is 157 g/mol. The summed E-state index contributed by atoms with van der Waals surface area (Å²) in [4.78, 5) is 10.5. The van der Waals surface area contributed by atoms with Gasteiger partial charge in [-0.05, 0) is 12.1 Å². The van der Waals surface area contributed by atoms with Crippen molar-refractivity contribution in [1.82, 2.24) is 0 Å². The Morgan fingerprint density at radius 3 is 2.75 bits per heavy atom. The van der Waals surface area contributed by atoms with Gasteiger partial charge < -0.3 is 9.52 Å². The summed E-state index contributed by atoms with van der Waals surface area (Å²) >= 11 is 0. The molecule has 0 radical (unpaired) electrons. The average molecular weight is 163 g/mol. The molecule has 0 aliphatic carbocycles. The Kier molecular flexibility index (Phi) is 1.37. The number of para-hydroxylation sites is 1. The highest BCUT2D eigenvalue weighted by Gasteiger charge is 2.08. The van der Waals surface area contributed by atoms with Gasteiger partial charge in [0.1, 0.15) is 5.58 Å². The van der Waals surface area contributed by atoms with Crippen LogP contribution in [0.1, 0.15) is 10.6 Å². The third kappa shape index (κ3) is 0.955.